The van der Waals surface area contributed by atoms with Crippen molar-refractivity contribution in [1.29, 1.82) is 0 Å². The molecule has 102 valence electrons. The van der Waals surface area contributed by atoms with Crippen molar-refractivity contribution in [1.82, 2.24) is 10.2 Å². The quantitative estimate of drug-likeness (QED) is 0.852. The molecule has 1 heterocycles. The lowest BCUT2D eigenvalue weighted by Gasteiger charge is -2.23. The van der Waals surface area contributed by atoms with Crippen LogP contribution in [0.4, 0.5) is 4.79 Å². The Kier molecular flexibility index (Phi) is 4.92. The van der Waals surface area contributed by atoms with Gasteiger partial charge in [0.1, 0.15) is 0 Å². The summed E-state index contributed by atoms with van der Waals surface area (Å²) < 4.78 is 0. The molecule has 0 aromatic carbocycles. The van der Waals surface area contributed by atoms with E-state index in [2.05, 4.69) is 5.32 Å². The summed E-state index contributed by atoms with van der Waals surface area (Å²) in [6.07, 6.45) is 6.64. The van der Waals surface area contributed by atoms with E-state index in [0.29, 0.717) is 13.1 Å². The van der Waals surface area contributed by atoms with Crippen molar-refractivity contribution in [2.24, 2.45) is 5.92 Å². The van der Waals surface area contributed by atoms with Crippen LogP contribution >= 0.6 is 11.8 Å². The van der Waals surface area contributed by atoms with Gasteiger partial charge in [0.15, 0.2) is 0 Å². The lowest BCUT2D eigenvalue weighted by atomic mass is 9.91. The molecule has 1 saturated heterocycles. The van der Waals surface area contributed by atoms with E-state index in [1.807, 2.05) is 6.92 Å². The van der Waals surface area contributed by atoms with Crippen LogP contribution in [-0.2, 0) is 4.79 Å². The predicted octanol–water partition coefficient (Wildman–Crippen LogP) is 2.24. The zero-order valence-corrected chi connectivity index (χ0v) is 11.8. The van der Waals surface area contributed by atoms with Gasteiger partial charge in [0.05, 0.1) is 5.25 Å². The van der Waals surface area contributed by atoms with E-state index in [0.717, 1.165) is 11.7 Å². The van der Waals surface area contributed by atoms with Crippen LogP contribution in [0.15, 0.2) is 0 Å². The molecule has 1 unspecified atom stereocenters. The molecule has 18 heavy (non-hydrogen) atoms. The summed E-state index contributed by atoms with van der Waals surface area (Å²) in [6.45, 7) is 3.03. The van der Waals surface area contributed by atoms with Crippen molar-refractivity contribution < 1.29 is 9.59 Å². The van der Waals surface area contributed by atoms with Crippen LogP contribution in [0.5, 0.6) is 0 Å². The Morgan fingerprint density at radius 1 is 1.44 bits per heavy atom. The number of urea groups is 1. The summed E-state index contributed by atoms with van der Waals surface area (Å²) in [5, 5.41) is 2.57. The molecule has 1 saturated carbocycles. The van der Waals surface area contributed by atoms with Crippen molar-refractivity contribution in [3.8, 4) is 0 Å². The molecule has 5 heteroatoms. The summed E-state index contributed by atoms with van der Waals surface area (Å²) in [5.74, 6) is 1.79. The van der Waals surface area contributed by atoms with Crippen LogP contribution in [0.1, 0.15) is 39.0 Å². The highest BCUT2D eigenvalue weighted by Gasteiger charge is 2.30. The lowest BCUT2D eigenvalue weighted by Crippen LogP contribution is -2.39. The zero-order chi connectivity index (χ0) is 13.0. The van der Waals surface area contributed by atoms with Crippen molar-refractivity contribution in [3.05, 3.63) is 0 Å². The maximum absolute atomic E-state index is 12.1. The fraction of sp³-hybridized carbons (Fsp3) is 0.846. The fourth-order valence-electron chi connectivity index (χ4n) is 2.61. The highest BCUT2D eigenvalue weighted by Crippen LogP contribution is 2.28. The van der Waals surface area contributed by atoms with Crippen molar-refractivity contribution in [3.63, 3.8) is 0 Å². The van der Waals surface area contributed by atoms with E-state index >= 15 is 0 Å². The molecule has 3 amide bonds. The summed E-state index contributed by atoms with van der Waals surface area (Å²) in [5.41, 5.74) is 0. The topological polar surface area (TPSA) is 49.4 Å². The Hall–Kier alpha value is -0.710. The summed E-state index contributed by atoms with van der Waals surface area (Å²) in [7, 11) is 0. The normalized spacial score (nSPS) is 22.9. The SMILES string of the molecule is CC(SCC1CCCCC1)C(=O)N1CCNC1=O. The largest absolute Gasteiger partial charge is 0.336 e. The van der Waals surface area contributed by atoms with E-state index in [9.17, 15) is 9.59 Å². The first-order chi connectivity index (χ1) is 8.68. The smallest absolute Gasteiger partial charge is 0.324 e. The second-order valence-corrected chi connectivity index (χ2v) is 6.58. The first-order valence-corrected chi connectivity index (χ1v) is 7.94. The van der Waals surface area contributed by atoms with Gasteiger partial charge in [0.2, 0.25) is 5.91 Å². The summed E-state index contributed by atoms with van der Waals surface area (Å²) in [6, 6.07) is -0.231. The Morgan fingerprint density at radius 3 is 2.78 bits per heavy atom. The molecule has 2 aliphatic rings. The zero-order valence-electron chi connectivity index (χ0n) is 11.0. The van der Waals surface area contributed by atoms with Gasteiger partial charge in [-0.05, 0) is 31.4 Å². The fourth-order valence-corrected chi connectivity index (χ4v) is 3.77. The molecule has 0 aromatic rings. The van der Waals surface area contributed by atoms with Gasteiger partial charge in [0, 0.05) is 13.1 Å². The lowest BCUT2D eigenvalue weighted by molar-refractivity contribution is -0.126. The van der Waals surface area contributed by atoms with Crippen LogP contribution in [-0.4, -0.2) is 40.9 Å². The third-order valence-corrected chi connectivity index (χ3v) is 5.14. The van der Waals surface area contributed by atoms with E-state index in [4.69, 9.17) is 0 Å². The molecule has 0 spiro atoms. The number of carbonyl (C=O) groups excluding carboxylic acids is 2. The Labute approximate surface area is 113 Å². The molecule has 0 bridgehead atoms. The first-order valence-electron chi connectivity index (χ1n) is 6.89. The first kappa shape index (κ1) is 13.7. The third-order valence-electron chi connectivity index (χ3n) is 3.78. The minimum Gasteiger partial charge on any atom is -0.336 e. The van der Waals surface area contributed by atoms with Crippen LogP contribution in [0.2, 0.25) is 0 Å². The van der Waals surface area contributed by atoms with E-state index in [1.54, 1.807) is 11.8 Å². The van der Waals surface area contributed by atoms with Gasteiger partial charge in [-0.25, -0.2) is 4.79 Å². The summed E-state index contributed by atoms with van der Waals surface area (Å²) in [4.78, 5) is 24.8. The molecule has 0 aromatic heterocycles. The van der Waals surface area contributed by atoms with Gasteiger partial charge in [-0.1, -0.05) is 19.3 Å². The molecule has 0 radical (unpaired) electrons. The molecular weight excluding hydrogens is 248 g/mol. The van der Waals surface area contributed by atoms with Crippen molar-refractivity contribution in [2.75, 3.05) is 18.8 Å². The molecule has 1 atom stereocenters. The van der Waals surface area contributed by atoms with Crippen molar-refractivity contribution >= 4 is 23.7 Å². The number of carbonyl (C=O) groups is 2. The number of amides is 3. The van der Waals surface area contributed by atoms with Gasteiger partial charge in [-0.2, -0.15) is 0 Å². The van der Waals surface area contributed by atoms with Gasteiger partial charge < -0.3 is 5.32 Å². The number of nitrogens with one attached hydrogen (secondary N) is 1. The average Bonchev–Trinajstić information content (AvgIpc) is 2.82. The summed E-state index contributed by atoms with van der Waals surface area (Å²) >= 11 is 1.71. The maximum Gasteiger partial charge on any atom is 0.324 e. The van der Waals surface area contributed by atoms with E-state index in [1.165, 1.54) is 37.0 Å². The number of thioether (sulfide) groups is 1. The van der Waals surface area contributed by atoms with Crippen LogP contribution in [0.3, 0.4) is 0 Å². The molecular formula is C13H22N2O2S. The highest BCUT2D eigenvalue weighted by atomic mass is 32.2. The van der Waals surface area contributed by atoms with Gasteiger partial charge >= 0.3 is 6.03 Å². The number of nitrogens with zero attached hydrogens (tertiary/aromatic N) is 1. The Balaban J connectivity index is 1.74. The molecule has 2 rings (SSSR count). The predicted molar refractivity (Wildman–Crippen MR) is 73.6 cm³/mol. The van der Waals surface area contributed by atoms with Crippen molar-refractivity contribution in [2.45, 2.75) is 44.3 Å². The standard InChI is InChI=1S/C13H22N2O2S/c1-10(12(16)15-8-7-14-13(15)17)18-9-11-5-3-2-4-6-11/h10-11H,2-9H2,1H3,(H,14,17). The maximum atomic E-state index is 12.1. The number of imide groups is 1. The Morgan fingerprint density at radius 2 is 2.17 bits per heavy atom. The molecule has 1 aliphatic carbocycles. The van der Waals surface area contributed by atoms with E-state index < -0.39 is 0 Å². The third kappa shape index (κ3) is 3.40. The minimum atomic E-state index is -0.231. The average molecular weight is 270 g/mol. The number of rotatable bonds is 4. The van der Waals surface area contributed by atoms with Gasteiger partial charge in [0.25, 0.3) is 0 Å². The molecule has 2 fully saturated rings. The number of hydrogen-bond acceptors (Lipinski definition) is 3. The molecule has 1 aliphatic heterocycles. The minimum absolute atomic E-state index is 0.0363. The second kappa shape index (κ2) is 6.45. The van der Waals surface area contributed by atoms with Crippen LogP contribution < -0.4 is 5.32 Å². The van der Waals surface area contributed by atoms with Crippen LogP contribution in [0.25, 0.3) is 0 Å². The molecule has 1 N–H and O–H groups in total. The van der Waals surface area contributed by atoms with Gasteiger partial charge in [-0.15, -0.1) is 11.8 Å². The second-order valence-electron chi connectivity index (χ2n) is 5.20. The monoisotopic (exact) mass is 270 g/mol. The number of hydrogen-bond donors (Lipinski definition) is 1. The van der Waals surface area contributed by atoms with Gasteiger partial charge in [-0.3, -0.25) is 9.69 Å². The highest BCUT2D eigenvalue weighted by molar-refractivity contribution is 8.00. The molecule has 4 nitrogen and oxygen atoms in total. The Bertz CT molecular complexity index is 316. The van der Waals surface area contributed by atoms with Crippen LogP contribution in [0, 0.1) is 5.92 Å². The van der Waals surface area contributed by atoms with E-state index in [-0.39, 0.29) is 17.2 Å².